The SMILES string of the molecule is O=C(CCC1CCCNC1)OCc1ccccc1Br. The minimum absolute atomic E-state index is 0.0960. The highest BCUT2D eigenvalue weighted by Gasteiger charge is 2.15. The summed E-state index contributed by atoms with van der Waals surface area (Å²) in [5.41, 5.74) is 1.01. The fourth-order valence-corrected chi connectivity index (χ4v) is 2.74. The largest absolute Gasteiger partial charge is 0.461 e. The number of ether oxygens (including phenoxy) is 1. The molecule has 3 nitrogen and oxygen atoms in total. The molecule has 1 fully saturated rings. The van der Waals surface area contributed by atoms with Crippen molar-refractivity contribution in [3.8, 4) is 0 Å². The second-order valence-corrected chi connectivity index (χ2v) is 5.86. The van der Waals surface area contributed by atoms with Gasteiger partial charge in [0.1, 0.15) is 6.61 Å². The Labute approximate surface area is 122 Å². The molecular weight excluding hydrogens is 306 g/mol. The van der Waals surface area contributed by atoms with Crippen molar-refractivity contribution in [2.75, 3.05) is 13.1 Å². The summed E-state index contributed by atoms with van der Waals surface area (Å²) in [7, 11) is 0. The summed E-state index contributed by atoms with van der Waals surface area (Å²) in [5, 5.41) is 3.37. The van der Waals surface area contributed by atoms with Crippen LogP contribution in [0.1, 0.15) is 31.2 Å². The molecule has 1 atom stereocenters. The summed E-state index contributed by atoms with van der Waals surface area (Å²) in [6.45, 7) is 2.50. The quantitative estimate of drug-likeness (QED) is 0.844. The Bertz CT molecular complexity index is 416. The Balaban J connectivity index is 1.68. The maximum absolute atomic E-state index is 11.7. The summed E-state index contributed by atoms with van der Waals surface area (Å²) in [5.74, 6) is 0.533. The highest BCUT2D eigenvalue weighted by atomic mass is 79.9. The highest BCUT2D eigenvalue weighted by Crippen LogP contribution is 2.18. The van der Waals surface area contributed by atoms with E-state index in [9.17, 15) is 4.79 Å². The number of hydrogen-bond acceptors (Lipinski definition) is 3. The summed E-state index contributed by atoms with van der Waals surface area (Å²) < 4.78 is 6.30. The number of benzene rings is 1. The summed E-state index contributed by atoms with van der Waals surface area (Å²) in [6, 6.07) is 7.81. The van der Waals surface area contributed by atoms with Crippen molar-refractivity contribution in [1.82, 2.24) is 5.32 Å². The van der Waals surface area contributed by atoms with Gasteiger partial charge in [0.15, 0.2) is 0 Å². The van der Waals surface area contributed by atoms with Crippen LogP contribution in [0.25, 0.3) is 0 Å². The lowest BCUT2D eigenvalue weighted by Crippen LogP contribution is -2.30. The molecule has 1 aromatic rings. The molecule has 1 aliphatic rings. The van der Waals surface area contributed by atoms with Gasteiger partial charge in [-0.2, -0.15) is 0 Å². The normalized spacial score (nSPS) is 19.1. The second-order valence-electron chi connectivity index (χ2n) is 5.00. The van der Waals surface area contributed by atoms with E-state index in [1.54, 1.807) is 0 Å². The van der Waals surface area contributed by atoms with E-state index in [-0.39, 0.29) is 5.97 Å². The average Bonchev–Trinajstić information content (AvgIpc) is 2.45. The number of halogens is 1. The monoisotopic (exact) mass is 325 g/mol. The molecule has 1 N–H and O–H groups in total. The Morgan fingerprint density at radius 2 is 2.26 bits per heavy atom. The molecule has 2 rings (SSSR count). The molecule has 1 unspecified atom stereocenters. The van der Waals surface area contributed by atoms with E-state index in [1.807, 2.05) is 24.3 Å². The number of hydrogen-bond donors (Lipinski definition) is 1. The third kappa shape index (κ3) is 4.96. The molecule has 0 aromatic heterocycles. The van der Waals surface area contributed by atoms with Gasteiger partial charge in [-0.1, -0.05) is 34.1 Å². The van der Waals surface area contributed by atoms with E-state index in [0.717, 1.165) is 29.5 Å². The van der Waals surface area contributed by atoms with Gasteiger partial charge in [-0.05, 0) is 44.3 Å². The third-order valence-electron chi connectivity index (χ3n) is 3.50. The second kappa shape index (κ2) is 7.65. The Morgan fingerprint density at radius 1 is 1.42 bits per heavy atom. The molecule has 0 aliphatic carbocycles. The van der Waals surface area contributed by atoms with E-state index >= 15 is 0 Å². The number of carbonyl (C=O) groups is 1. The van der Waals surface area contributed by atoms with E-state index in [1.165, 1.54) is 12.8 Å². The van der Waals surface area contributed by atoms with Crippen molar-refractivity contribution >= 4 is 21.9 Å². The molecule has 104 valence electrons. The zero-order valence-corrected chi connectivity index (χ0v) is 12.6. The van der Waals surface area contributed by atoms with Crippen LogP contribution in [0.15, 0.2) is 28.7 Å². The van der Waals surface area contributed by atoms with Crippen LogP contribution in [0.5, 0.6) is 0 Å². The van der Waals surface area contributed by atoms with Crippen molar-refractivity contribution < 1.29 is 9.53 Å². The number of nitrogens with one attached hydrogen (secondary N) is 1. The Hall–Kier alpha value is -0.870. The summed E-state index contributed by atoms with van der Waals surface area (Å²) >= 11 is 3.45. The molecule has 19 heavy (non-hydrogen) atoms. The smallest absolute Gasteiger partial charge is 0.306 e. The van der Waals surface area contributed by atoms with E-state index in [2.05, 4.69) is 21.2 Å². The minimum Gasteiger partial charge on any atom is -0.461 e. The van der Waals surface area contributed by atoms with Crippen molar-refractivity contribution in [3.05, 3.63) is 34.3 Å². The summed E-state index contributed by atoms with van der Waals surface area (Å²) in [6.07, 6.45) is 3.90. The average molecular weight is 326 g/mol. The van der Waals surface area contributed by atoms with Gasteiger partial charge in [-0.3, -0.25) is 4.79 Å². The van der Waals surface area contributed by atoms with Crippen LogP contribution < -0.4 is 5.32 Å². The van der Waals surface area contributed by atoms with Crippen LogP contribution in [0, 0.1) is 5.92 Å². The molecule has 1 saturated heterocycles. The first-order valence-electron chi connectivity index (χ1n) is 6.85. The van der Waals surface area contributed by atoms with Crippen LogP contribution in [-0.4, -0.2) is 19.1 Å². The van der Waals surface area contributed by atoms with Crippen LogP contribution >= 0.6 is 15.9 Å². The van der Waals surface area contributed by atoms with Gasteiger partial charge in [0.2, 0.25) is 0 Å². The van der Waals surface area contributed by atoms with Gasteiger partial charge >= 0.3 is 5.97 Å². The first-order valence-corrected chi connectivity index (χ1v) is 7.65. The van der Waals surface area contributed by atoms with Crippen LogP contribution in [-0.2, 0) is 16.1 Å². The van der Waals surface area contributed by atoms with Crippen molar-refractivity contribution in [1.29, 1.82) is 0 Å². The lowest BCUT2D eigenvalue weighted by atomic mass is 9.95. The van der Waals surface area contributed by atoms with Crippen LogP contribution in [0.3, 0.4) is 0 Å². The maximum atomic E-state index is 11.7. The van der Waals surface area contributed by atoms with E-state index in [0.29, 0.717) is 18.9 Å². The molecule has 0 saturated carbocycles. The van der Waals surface area contributed by atoms with E-state index < -0.39 is 0 Å². The topological polar surface area (TPSA) is 38.3 Å². The fraction of sp³-hybridized carbons (Fsp3) is 0.533. The highest BCUT2D eigenvalue weighted by molar-refractivity contribution is 9.10. The number of piperidine rings is 1. The van der Waals surface area contributed by atoms with Gasteiger partial charge in [0, 0.05) is 16.5 Å². The molecule has 4 heteroatoms. The third-order valence-corrected chi connectivity index (χ3v) is 4.28. The van der Waals surface area contributed by atoms with Crippen LogP contribution in [0.2, 0.25) is 0 Å². The Morgan fingerprint density at radius 3 is 3.00 bits per heavy atom. The van der Waals surface area contributed by atoms with Crippen LogP contribution in [0.4, 0.5) is 0 Å². The Kier molecular flexibility index (Phi) is 5.86. The first-order chi connectivity index (χ1) is 9.25. The van der Waals surface area contributed by atoms with Crippen molar-refractivity contribution in [3.63, 3.8) is 0 Å². The molecule has 0 spiro atoms. The molecule has 0 bridgehead atoms. The predicted octanol–water partition coefficient (Wildman–Crippen LogP) is 3.27. The fourth-order valence-electron chi connectivity index (χ4n) is 2.34. The molecular formula is C15H20BrNO2. The van der Waals surface area contributed by atoms with Crippen molar-refractivity contribution in [2.45, 2.75) is 32.3 Å². The first kappa shape index (κ1) is 14.5. The minimum atomic E-state index is -0.0960. The molecule has 0 amide bonds. The molecule has 1 aliphatic heterocycles. The van der Waals surface area contributed by atoms with Crippen molar-refractivity contribution in [2.24, 2.45) is 5.92 Å². The number of rotatable bonds is 5. The molecule has 0 radical (unpaired) electrons. The van der Waals surface area contributed by atoms with Gasteiger partial charge < -0.3 is 10.1 Å². The number of esters is 1. The zero-order valence-electron chi connectivity index (χ0n) is 11.0. The lowest BCUT2D eigenvalue weighted by molar-refractivity contribution is -0.145. The molecule has 1 aromatic carbocycles. The molecule has 1 heterocycles. The van der Waals surface area contributed by atoms with Gasteiger partial charge in [-0.25, -0.2) is 0 Å². The predicted molar refractivity (Wildman–Crippen MR) is 78.8 cm³/mol. The lowest BCUT2D eigenvalue weighted by Gasteiger charge is -2.22. The standard InChI is InChI=1S/C15H20BrNO2/c16-14-6-2-1-5-13(14)11-19-15(18)8-7-12-4-3-9-17-10-12/h1-2,5-6,12,17H,3-4,7-11H2. The number of carbonyl (C=O) groups excluding carboxylic acids is 1. The maximum Gasteiger partial charge on any atom is 0.306 e. The van der Waals surface area contributed by atoms with Gasteiger partial charge in [0.25, 0.3) is 0 Å². The zero-order chi connectivity index (χ0) is 13.5. The summed E-state index contributed by atoms with van der Waals surface area (Å²) in [4.78, 5) is 11.7. The van der Waals surface area contributed by atoms with Gasteiger partial charge in [-0.15, -0.1) is 0 Å². The van der Waals surface area contributed by atoms with E-state index in [4.69, 9.17) is 4.74 Å². The van der Waals surface area contributed by atoms with Gasteiger partial charge in [0.05, 0.1) is 0 Å².